The van der Waals surface area contributed by atoms with E-state index in [0.717, 1.165) is 10.5 Å². The molecule has 2 aromatic rings. The zero-order chi connectivity index (χ0) is 18.1. The number of rotatable bonds is 4. The molecule has 0 saturated carbocycles. The number of amides is 2. The average Bonchev–Trinajstić information content (AvgIpc) is 3.08. The third-order valence-electron chi connectivity index (χ3n) is 4.06. The van der Waals surface area contributed by atoms with Gasteiger partial charge in [-0.15, -0.1) is 11.8 Å². The van der Waals surface area contributed by atoms with Crippen molar-refractivity contribution >= 4 is 40.9 Å². The van der Waals surface area contributed by atoms with Crippen molar-refractivity contribution in [1.82, 2.24) is 5.32 Å². The van der Waals surface area contributed by atoms with Gasteiger partial charge in [-0.05, 0) is 35.9 Å². The molecule has 0 aliphatic carbocycles. The van der Waals surface area contributed by atoms with Crippen molar-refractivity contribution in [2.75, 3.05) is 12.1 Å². The Kier molecular flexibility index (Phi) is 4.65. The van der Waals surface area contributed by atoms with Gasteiger partial charge in [0.15, 0.2) is 11.5 Å². The van der Waals surface area contributed by atoms with Crippen LogP contribution in [0.4, 0.5) is 5.69 Å². The Bertz CT molecular complexity index is 889. The highest BCUT2D eigenvalue weighted by Crippen LogP contribution is 2.38. The Morgan fingerprint density at radius 3 is 2.96 bits per heavy atom. The van der Waals surface area contributed by atoms with E-state index < -0.39 is 5.25 Å². The molecule has 2 N–H and O–H groups in total. The lowest BCUT2D eigenvalue weighted by atomic mass is 10.2. The molecular formula is C18H15ClN2O4S. The molecule has 8 heteroatoms. The molecule has 2 aliphatic heterocycles. The summed E-state index contributed by atoms with van der Waals surface area (Å²) < 4.78 is 10.6. The second kappa shape index (κ2) is 7.09. The number of fused-ring (bicyclic) bond motifs is 2. The van der Waals surface area contributed by atoms with Crippen LogP contribution >= 0.6 is 23.4 Å². The quantitative estimate of drug-likeness (QED) is 0.838. The van der Waals surface area contributed by atoms with Crippen molar-refractivity contribution in [3.05, 3.63) is 47.0 Å². The highest BCUT2D eigenvalue weighted by molar-refractivity contribution is 8.01. The molecule has 1 atom stereocenters. The summed E-state index contributed by atoms with van der Waals surface area (Å²) in [4.78, 5) is 25.4. The molecular weight excluding hydrogens is 376 g/mol. The fourth-order valence-electron chi connectivity index (χ4n) is 2.75. The van der Waals surface area contributed by atoms with Gasteiger partial charge in [-0.1, -0.05) is 17.7 Å². The lowest BCUT2D eigenvalue weighted by Gasteiger charge is -2.23. The normalized spacial score (nSPS) is 17.4. The van der Waals surface area contributed by atoms with Gasteiger partial charge in [-0.3, -0.25) is 9.59 Å². The molecule has 134 valence electrons. The molecule has 2 aromatic carbocycles. The highest BCUT2D eigenvalue weighted by Gasteiger charge is 2.29. The van der Waals surface area contributed by atoms with E-state index in [-0.39, 0.29) is 25.0 Å². The fraction of sp³-hybridized carbons (Fsp3) is 0.222. The summed E-state index contributed by atoms with van der Waals surface area (Å²) in [7, 11) is 0. The summed E-state index contributed by atoms with van der Waals surface area (Å²) in [6.45, 7) is 0.576. The topological polar surface area (TPSA) is 76.7 Å². The third-order valence-corrected chi connectivity index (χ3v) is 5.57. The Labute approximate surface area is 159 Å². The summed E-state index contributed by atoms with van der Waals surface area (Å²) >= 11 is 7.31. The predicted molar refractivity (Wildman–Crippen MR) is 98.8 cm³/mol. The molecule has 6 nitrogen and oxygen atoms in total. The first-order chi connectivity index (χ1) is 12.6. The number of ether oxygens (including phenoxy) is 2. The van der Waals surface area contributed by atoms with Gasteiger partial charge in [0.2, 0.25) is 18.6 Å². The number of carbonyl (C=O) groups is 2. The Balaban J connectivity index is 1.35. The van der Waals surface area contributed by atoms with Crippen molar-refractivity contribution in [2.45, 2.75) is 23.1 Å². The number of halogens is 1. The minimum atomic E-state index is -0.472. The summed E-state index contributed by atoms with van der Waals surface area (Å²) in [5.41, 5.74) is 1.59. The van der Waals surface area contributed by atoms with Crippen molar-refractivity contribution in [3.63, 3.8) is 0 Å². The first-order valence-corrected chi connectivity index (χ1v) is 9.26. The van der Waals surface area contributed by atoms with Crippen LogP contribution in [-0.4, -0.2) is 23.9 Å². The minimum Gasteiger partial charge on any atom is -0.454 e. The lowest BCUT2D eigenvalue weighted by molar-refractivity contribution is -0.124. The van der Waals surface area contributed by atoms with E-state index in [4.69, 9.17) is 21.1 Å². The molecule has 26 heavy (non-hydrogen) atoms. The number of benzene rings is 2. The number of carbonyl (C=O) groups excluding carboxylic acids is 2. The standard InChI is InChI=1S/C18H15ClN2O4S/c19-11-2-4-15-12(6-11)21-18(23)16(26-15)7-17(22)20-8-10-1-3-13-14(5-10)25-9-24-13/h1-6,16H,7-9H2,(H,20,22)(H,21,23). The monoisotopic (exact) mass is 390 g/mol. The molecule has 2 aliphatic rings. The molecule has 0 fully saturated rings. The van der Waals surface area contributed by atoms with Crippen LogP contribution in [0.15, 0.2) is 41.3 Å². The van der Waals surface area contributed by atoms with Gasteiger partial charge >= 0.3 is 0 Å². The molecule has 2 heterocycles. The largest absolute Gasteiger partial charge is 0.454 e. The molecule has 0 radical (unpaired) electrons. The van der Waals surface area contributed by atoms with Crippen molar-refractivity contribution < 1.29 is 19.1 Å². The maximum atomic E-state index is 12.2. The van der Waals surface area contributed by atoms with Gasteiger partial charge < -0.3 is 20.1 Å². The van der Waals surface area contributed by atoms with Crippen LogP contribution in [0.3, 0.4) is 0 Å². The molecule has 0 spiro atoms. The van der Waals surface area contributed by atoms with Gasteiger partial charge in [-0.25, -0.2) is 0 Å². The first kappa shape index (κ1) is 17.1. The molecule has 4 rings (SSSR count). The van der Waals surface area contributed by atoms with Crippen LogP contribution in [0.25, 0.3) is 0 Å². The zero-order valence-electron chi connectivity index (χ0n) is 13.6. The fourth-order valence-corrected chi connectivity index (χ4v) is 4.01. The van der Waals surface area contributed by atoms with Gasteiger partial charge in [0.25, 0.3) is 0 Å². The Hall–Kier alpha value is -2.38. The smallest absolute Gasteiger partial charge is 0.238 e. The van der Waals surface area contributed by atoms with E-state index >= 15 is 0 Å². The zero-order valence-corrected chi connectivity index (χ0v) is 15.2. The maximum Gasteiger partial charge on any atom is 0.238 e. The SMILES string of the molecule is O=C(CC1Sc2ccc(Cl)cc2NC1=O)NCc1ccc2c(c1)OCO2. The number of hydrogen-bond acceptors (Lipinski definition) is 5. The van der Waals surface area contributed by atoms with E-state index in [9.17, 15) is 9.59 Å². The number of hydrogen-bond donors (Lipinski definition) is 2. The van der Waals surface area contributed by atoms with Crippen molar-refractivity contribution in [1.29, 1.82) is 0 Å². The van der Waals surface area contributed by atoms with Crippen molar-refractivity contribution in [2.24, 2.45) is 0 Å². The number of thioether (sulfide) groups is 1. The van der Waals surface area contributed by atoms with Crippen molar-refractivity contribution in [3.8, 4) is 11.5 Å². The number of nitrogens with one attached hydrogen (secondary N) is 2. The van der Waals surface area contributed by atoms with E-state index in [2.05, 4.69) is 10.6 Å². The summed E-state index contributed by atoms with van der Waals surface area (Å²) in [6, 6.07) is 10.8. The molecule has 0 aromatic heterocycles. The third kappa shape index (κ3) is 3.59. The Morgan fingerprint density at radius 1 is 1.23 bits per heavy atom. The Morgan fingerprint density at radius 2 is 2.08 bits per heavy atom. The second-order valence-electron chi connectivity index (χ2n) is 5.90. The molecule has 1 unspecified atom stereocenters. The predicted octanol–water partition coefficient (Wildman–Crippen LogP) is 3.19. The van der Waals surface area contributed by atoms with Crippen LogP contribution in [0.2, 0.25) is 5.02 Å². The molecule has 2 amide bonds. The van der Waals surface area contributed by atoms with E-state index in [1.807, 2.05) is 24.3 Å². The van der Waals surface area contributed by atoms with Gasteiger partial charge in [0.1, 0.15) is 0 Å². The summed E-state index contributed by atoms with van der Waals surface area (Å²) in [5.74, 6) is 0.999. The average molecular weight is 391 g/mol. The van der Waals surface area contributed by atoms with Crippen LogP contribution in [0.5, 0.6) is 11.5 Å². The lowest BCUT2D eigenvalue weighted by Crippen LogP contribution is -2.34. The van der Waals surface area contributed by atoms with E-state index in [1.54, 1.807) is 12.1 Å². The van der Waals surface area contributed by atoms with E-state index in [1.165, 1.54) is 11.8 Å². The molecule has 0 bridgehead atoms. The summed E-state index contributed by atoms with van der Waals surface area (Å²) in [6.07, 6.45) is 0.100. The van der Waals surface area contributed by atoms with Gasteiger partial charge in [-0.2, -0.15) is 0 Å². The minimum absolute atomic E-state index is 0.100. The second-order valence-corrected chi connectivity index (χ2v) is 7.59. The molecule has 0 saturated heterocycles. The van der Waals surface area contributed by atoms with Crippen LogP contribution < -0.4 is 20.1 Å². The van der Waals surface area contributed by atoms with Crippen LogP contribution in [0.1, 0.15) is 12.0 Å². The summed E-state index contributed by atoms with van der Waals surface area (Å²) in [5, 5.41) is 5.73. The van der Waals surface area contributed by atoms with E-state index in [0.29, 0.717) is 28.8 Å². The maximum absolute atomic E-state index is 12.2. The van der Waals surface area contributed by atoms with Crippen LogP contribution in [-0.2, 0) is 16.1 Å². The first-order valence-electron chi connectivity index (χ1n) is 8.01. The number of anilines is 1. The van der Waals surface area contributed by atoms with Crippen LogP contribution in [0, 0.1) is 0 Å². The highest BCUT2D eigenvalue weighted by atomic mass is 35.5. The van der Waals surface area contributed by atoms with Gasteiger partial charge in [0.05, 0.1) is 10.9 Å². The van der Waals surface area contributed by atoms with Gasteiger partial charge in [0, 0.05) is 22.9 Å².